The number of hydrogen-bond donors (Lipinski definition) is 2. The Bertz CT molecular complexity index is 575. The molecule has 2 rings (SSSR count). The van der Waals surface area contributed by atoms with Crippen molar-refractivity contribution in [1.82, 2.24) is 5.43 Å². The quantitative estimate of drug-likeness (QED) is 0.622. The number of benzene rings is 2. The zero-order valence-corrected chi connectivity index (χ0v) is 13.1. The molecule has 19 heavy (non-hydrogen) atoms. The van der Waals surface area contributed by atoms with Crippen LogP contribution in [0.15, 0.2) is 46.9 Å². The number of nitrogens with two attached hydrogens (primary N) is 1. The summed E-state index contributed by atoms with van der Waals surface area (Å²) in [7, 11) is 0. The van der Waals surface area contributed by atoms with Gasteiger partial charge in [0, 0.05) is 14.5 Å². The number of rotatable bonds is 4. The van der Waals surface area contributed by atoms with Gasteiger partial charge in [-0.25, -0.2) is 0 Å². The number of hydrogen-bond acceptors (Lipinski definition) is 2. The molecule has 0 aliphatic rings. The lowest BCUT2D eigenvalue weighted by Gasteiger charge is -2.18. The molecule has 0 aromatic heterocycles. The molecule has 0 heterocycles. The van der Waals surface area contributed by atoms with Gasteiger partial charge in [0.15, 0.2) is 0 Å². The molecule has 0 spiro atoms. The summed E-state index contributed by atoms with van der Waals surface area (Å²) in [6, 6.07) is 13.4. The average Bonchev–Trinajstić information content (AvgIpc) is 2.39. The Morgan fingerprint density at radius 1 is 1.16 bits per heavy atom. The predicted octanol–water partition coefficient (Wildman–Crippen LogP) is 4.50. The molecule has 2 aromatic carbocycles. The average molecular weight is 360 g/mol. The summed E-state index contributed by atoms with van der Waals surface area (Å²) in [6.07, 6.45) is 0.732. The summed E-state index contributed by atoms with van der Waals surface area (Å²) >= 11 is 15.7. The summed E-state index contributed by atoms with van der Waals surface area (Å²) in [5.41, 5.74) is 4.86. The van der Waals surface area contributed by atoms with Crippen molar-refractivity contribution in [1.29, 1.82) is 0 Å². The van der Waals surface area contributed by atoms with Gasteiger partial charge in [-0.05, 0) is 47.9 Å². The highest BCUT2D eigenvalue weighted by Gasteiger charge is 2.14. The normalized spacial score (nSPS) is 12.4. The number of halogens is 3. The summed E-state index contributed by atoms with van der Waals surface area (Å²) in [5, 5.41) is 1.30. The van der Waals surface area contributed by atoms with Crippen LogP contribution >= 0.6 is 39.1 Å². The first-order valence-corrected chi connectivity index (χ1v) is 7.30. The van der Waals surface area contributed by atoms with E-state index < -0.39 is 0 Å². The second-order valence-electron chi connectivity index (χ2n) is 4.22. The van der Waals surface area contributed by atoms with Gasteiger partial charge in [-0.2, -0.15) is 0 Å². The fourth-order valence-electron chi connectivity index (χ4n) is 1.94. The van der Waals surface area contributed by atoms with Crippen molar-refractivity contribution in [3.8, 4) is 0 Å². The zero-order chi connectivity index (χ0) is 13.8. The van der Waals surface area contributed by atoms with E-state index in [1.54, 1.807) is 12.1 Å². The third-order valence-electron chi connectivity index (χ3n) is 2.86. The van der Waals surface area contributed by atoms with E-state index in [2.05, 4.69) is 27.4 Å². The first kappa shape index (κ1) is 14.8. The molecule has 0 aliphatic heterocycles. The van der Waals surface area contributed by atoms with E-state index in [0.29, 0.717) is 10.0 Å². The molecule has 0 aliphatic carbocycles. The van der Waals surface area contributed by atoms with E-state index in [-0.39, 0.29) is 6.04 Å². The predicted molar refractivity (Wildman–Crippen MR) is 84.4 cm³/mol. The Labute approximate surface area is 131 Å². The monoisotopic (exact) mass is 358 g/mol. The SMILES string of the molecule is NNC(Cc1cccc(Br)c1)c1cc(Cl)ccc1Cl. The van der Waals surface area contributed by atoms with Crippen LogP contribution in [-0.4, -0.2) is 0 Å². The highest BCUT2D eigenvalue weighted by atomic mass is 79.9. The molecule has 1 unspecified atom stereocenters. The molecule has 2 nitrogen and oxygen atoms in total. The molecule has 0 saturated heterocycles. The lowest BCUT2D eigenvalue weighted by molar-refractivity contribution is 0.552. The van der Waals surface area contributed by atoms with E-state index in [9.17, 15) is 0 Å². The van der Waals surface area contributed by atoms with Gasteiger partial charge in [0.05, 0.1) is 6.04 Å². The fraction of sp³-hybridized carbons (Fsp3) is 0.143. The molecular weight excluding hydrogens is 347 g/mol. The summed E-state index contributed by atoms with van der Waals surface area (Å²) < 4.78 is 1.04. The first-order chi connectivity index (χ1) is 9.10. The maximum absolute atomic E-state index is 6.20. The number of nitrogens with one attached hydrogen (secondary N) is 1. The number of hydrazine groups is 1. The van der Waals surface area contributed by atoms with Crippen molar-refractivity contribution in [2.45, 2.75) is 12.5 Å². The van der Waals surface area contributed by atoms with Crippen molar-refractivity contribution < 1.29 is 0 Å². The Morgan fingerprint density at radius 2 is 1.95 bits per heavy atom. The standard InChI is InChI=1S/C14H13BrCl2N2/c15-10-3-1-2-9(6-10)7-14(19-18)12-8-11(16)4-5-13(12)17/h1-6,8,14,19H,7,18H2. The third kappa shape index (κ3) is 3.94. The maximum Gasteiger partial charge on any atom is 0.0515 e. The van der Waals surface area contributed by atoms with Crippen LogP contribution in [-0.2, 0) is 6.42 Å². The lowest BCUT2D eigenvalue weighted by atomic mass is 9.99. The van der Waals surface area contributed by atoms with Crippen LogP contribution in [0.25, 0.3) is 0 Å². The molecule has 3 N–H and O–H groups in total. The van der Waals surface area contributed by atoms with E-state index in [1.165, 1.54) is 0 Å². The molecule has 5 heteroatoms. The van der Waals surface area contributed by atoms with Crippen LogP contribution in [0.4, 0.5) is 0 Å². The van der Waals surface area contributed by atoms with Crippen molar-refractivity contribution in [2.24, 2.45) is 5.84 Å². The second kappa shape index (κ2) is 6.73. The van der Waals surface area contributed by atoms with Gasteiger partial charge in [-0.3, -0.25) is 11.3 Å². The van der Waals surface area contributed by atoms with Gasteiger partial charge >= 0.3 is 0 Å². The maximum atomic E-state index is 6.20. The van der Waals surface area contributed by atoms with Gasteiger partial charge in [0.1, 0.15) is 0 Å². The summed E-state index contributed by atoms with van der Waals surface area (Å²) in [4.78, 5) is 0. The van der Waals surface area contributed by atoms with Gasteiger partial charge in [-0.1, -0.05) is 51.3 Å². The molecule has 100 valence electrons. The summed E-state index contributed by atoms with van der Waals surface area (Å²) in [6.45, 7) is 0. The molecule has 0 fully saturated rings. The molecule has 1 atom stereocenters. The Balaban J connectivity index is 2.27. The van der Waals surface area contributed by atoms with Crippen molar-refractivity contribution in [2.75, 3.05) is 0 Å². The minimum absolute atomic E-state index is 0.0829. The van der Waals surface area contributed by atoms with Gasteiger partial charge < -0.3 is 0 Å². The zero-order valence-electron chi connectivity index (χ0n) is 10.0. The van der Waals surface area contributed by atoms with Crippen LogP contribution in [0.2, 0.25) is 10.0 Å². The Kier molecular flexibility index (Phi) is 5.25. The van der Waals surface area contributed by atoms with Crippen molar-refractivity contribution >= 4 is 39.1 Å². The van der Waals surface area contributed by atoms with E-state index >= 15 is 0 Å². The second-order valence-corrected chi connectivity index (χ2v) is 5.98. The minimum atomic E-state index is -0.0829. The molecule has 0 saturated carbocycles. The van der Waals surface area contributed by atoms with Gasteiger partial charge in [-0.15, -0.1) is 0 Å². The topological polar surface area (TPSA) is 38.0 Å². The van der Waals surface area contributed by atoms with Gasteiger partial charge in [0.25, 0.3) is 0 Å². The first-order valence-electron chi connectivity index (χ1n) is 5.75. The van der Waals surface area contributed by atoms with Gasteiger partial charge in [0.2, 0.25) is 0 Å². The largest absolute Gasteiger partial charge is 0.271 e. The smallest absolute Gasteiger partial charge is 0.0515 e. The molecule has 0 amide bonds. The van der Waals surface area contributed by atoms with Crippen LogP contribution in [0.3, 0.4) is 0 Å². The molecule has 2 aromatic rings. The van der Waals surface area contributed by atoms with E-state index in [1.807, 2.05) is 24.3 Å². The molecular formula is C14H13BrCl2N2. The fourth-order valence-corrected chi connectivity index (χ4v) is 2.82. The third-order valence-corrected chi connectivity index (χ3v) is 3.94. The highest BCUT2D eigenvalue weighted by molar-refractivity contribution is 9.10. The van der Waals surface area contributed by atoms with Crippen LogP contribution in [0, 0.1) is 0 Å². The lowest BCUT2D eigenvalue weighted by Crippen LogP contribution is -2.29. The highest BCUT2D eigenvalue weighted by Crippen LogP contribution is 2.28. The van der Waals surface area contributed by atoms with Crippen molar-refractivity contribution in [3.63, 3.8) is 0 Å². The van der Waals surface area contributed by atoms with Crippen LogP contribution in [0.5, 0.6) is 0 Å². The van der Waals surface area contributed by atoms with Crippen molar-refractivity contribution in [3.05, 3.63) is 68.1 Å². The minimum Gasteiger partial charge on any atom is -0.271 e. The Morgan fingerprint density at radius 3 is 2.63 bits per heavy atom. The van der Waals surface area contributed by atoms with E-state index in [4.69, 9.17) is 29.0 Å². The van der Waals surface area contributed by atoms with Crippen LogP contribution < -0.4 is 11.3 Å². The molecule has 0 radical (unpaired) electrons. The summed E-state index contributed by atoms with van der Waals surface area (Å²) in [5.74, 6) is 5.65. The van der Waals surface area contributed by atoms with E-state index in [0.717, 1.165) is 22.0 Å². The van der Waals surface area contributed by atoms with Crippen LogP contribution in [0.1, 0.15) is 17.2 Å². The molecule has 0 bridgehead atoms. The Hall–Kier alpha value is -0.580.